The molecule has 1 unspecified atom stereocenters. The van der Waals surface area contributed by atoms with Gasteiger partial charge in [-0.05, 0) is 39.8 Å². The number of nitrogens with one attached hydrogen (secondary N) is 2. The van der Waals surface area contributed by atoms with E-state index >= 15 is 0 Å². The molecular weight excluding hydrogens is 267 g/mol. The van der Waals surface area contributed by atoms with Gasteiger partial charge in [0, 0.05) is 30.9 Å². The van der Waals surface area contributed by atoms with E-state index < -0.39 is 11.7 Å². The Morgan fingerprint density at radius 2 is 1.85 bits per heavy atom. The lowest BCUT2D eigenvalue weighted by Crippen LogP contribution is -2.44. The Labute approximate surface area is 118 Å². The maximum Gasteiger partial charge on any atom is 0.417 e. The number of rotatable bonds is 5. The van der Waals surface area contributed by atoms with Crippen molar-refractivity contribution in [1.29, 1.82) is 0 Å². The van der Waals surface area contributed by atoms with Crippen molar-refractivity contribution in [3.8, 4) is 0 Å². The summed E-state index contributed by atoms with van der Waals surface area (Å²) in [5.41, 5.74) is -0.0768. The average molecular weight is 289 g/mol. The molecule has 1 atom stereocenters. The summed E-state index contributed by atoms with van der Waals surface area (Å²) in [6, 6.07) is 2.67. The van der Waals surface area contributed by atoms with E-state index in [0.29, 0.717) is 12.2 Å². The molecule has 0 aliphatic heterocycles. The average Bonchev–Trinajstić information content (AvgIpc) is 2.32. The van der Waals surface area contributed by atoms with Crippen molar-refractivity contribution in [2.75, 3.05) is 6.54 Å². The lowest BCUT2D eigenvalue weighted by molar-refractivity contribution is -0.137. The Kier molecular flexibility index (Phi) is 5.53. The second-order valence-corrected chi connectivity index (χ2v) is 5.95. The summed E-state index contributed by atoms with van der Waals surface area (Å²) in [7, 11) is 0. The van der Waals surface area contributed by atoms with Gasteiger partial charge in [-0.3, -0.25) is 4.98 Å². The van der Waals surface area contributed by atoms with E-state index in [4.69, 9.17) is 0 Å². The number of hydrogen-bond acceptors (Lipinski definition) is 3. The van der Waals surface area contributed by atoms with Gasteiger partial charge in [0.05, 0.1) is 11.3 Å². The van der Waals surface area contributed by atoms with Crippen LogP contribution in [0, 0.1) is 0 Å². The van der Waals surface area contributed by atoms with Gasteiger partial charge in [0.1, 0.15) is 0 Å². The summed E-state index contributed by atoms with van der Waals surface area (Å²) in [4.78, 5) is 3.82. The number of hydrogen-bond donors (Lipinski definition) is 2. The van der Waals surface area contributed by atoms with Gasteiger partial charge in [-0.15, -0.1) is 0 Å². The van der Waals surface area contributed by atoms with Crippen LogP contribution in [0.2, 0.25) is 0 Å². The zero-order valence-corrected chi connectivity index (χ0v) is 12.3. The van der Waals surface area contributed by atoms with E-state index in [2.05, 4.69) is 36.4 Å². The van der Waals surface area contributed by atoms with Crippen molar-refractivity contribution >= 4 is 0 Å². The first kappa shape index (κ1) is 16.9. The van der Waals surface area contributed by atoms with Gasteiger partial charge >= 0.3 is 6.18 Å². The third kappa shape index (κ3) is 6.34. The molecule has 0 spiro atoms. The van der Waals surface area contributed by atoms with Crippen LogP contribution in [0.5, 0.6) is 0 Å². The van der Waals surface area contributed by atoms with Gasteiger partial charge in [-0.2, -0.15) is 13.2 Å². The third-order valence-electron chi connectivity index (χ3n) is 2.72. The molecule has 1 aromatic rings. The molecule has 0 aliphatic rings. The number of aromatic nitrogens is 1. The van der Waals surface area contributed by atoms with E-state index in [1.54, 1.807) is 0 Å². The molecule has 6 heteroatoms. The fourth-order valence-corrected chi connectivity index (χ4v) is 1.51. The van der Waals surface area contributed by atoms with Crippen LogP contribution in [-0.2, 0) is 12.7 Å². The summed E-state index contributed by atoms with van der Waals surface area (Å²) >= 11 is 0. The fraction of sp³-hybridized carbons (Fsp3) is 0.643. The minimum Gasteiger partial charge on any atom is -0.311 e. The van der Waals surface area contributed by atoms with Crippen LogP contribution < -0.4 is 10.6 Å². The molecule has 1 heterocycles. The molecule has 3 nitrogen and oxygen atoms in total. The lowest BCUT2D eigenvalue weighted by Gasteiger charge is -2.24. The Bertz CT molecular complexity index is 407. The largest absolute Gasteiger partial charge is 0.417 e. The Balaban J connectivity index is 2.42. The number of alkyl halides is 3. The predicted molar refractivity (Wildman–Crippen MR) is 73.3 cm³/mol. The van der Waals surface area contributed by atoms with Crippen LogP contribution in [0.15, 0.2) is 18.3 Å². The van der Waals surface area contributed by atoms with Crippen LogP contribution in [0.25, 0.3) is 0 Å². The van der Waals surface area contributed by atoms with Crippen molar-refractivity contribution in [3.05, 3.63) is 29.6 Å². The zero-order valence-electron chi connectivity index (χ0n) is 12.3. The smallest absolute Gasteiger partial charge is 0.311 e. The first-order valence-corrected chi connectivity index (χ1v) is 6.58. The van der Waals surface area contributed by atoms with Crippen molar-refractivity contribution in [2.24, 2.45) is 0 Å². The second-order valence-electron chi connectivity index (χ2n) is 5.95. The zero-order chi connectivity index (χ0) is 15.4. The van der Waals surface area contributed by atoms with Crippen molar-refractivity contribution in [2.45, 2.75) is 52.0 Å². The third-order valence-corrected chi connectivity index (χ3v) is 2.72. The molecular formula is C14H22F3N3. The van der Waals surface area contributed by atoms with Crippen LogP contribution in [0.1, 0.15) is 39.0 Å². The standard InChI is InChI=1S/C14H22F3N3/c1-10(7-20-13(2,3)4)18-9-12-6-5-11(8-19-12)14(15,16)17/h5-6,8,10,18,20H,7,9H2,1-4H3. The fourth-order valence-electron chi connectivity index (χ4n) is 1.51. The second kappa shape index (κ2) is 6.54. The number of nitrogens with zero attached hydrogens (tertiary/aromatic N) is 1. The maximum absolute atomic E-state index is 12.4. The van der Waals surface area contributed by atoms with Gasteiger partial charge in [0.2, 0.25) is 0 Å². The van der Waals surface area contributed by atoms with Crippen LogP contribution in [0.4, 0.5) is 13.2 Å². The molecule has 20 heavy (non-hydrogen) atoms. The predicted octanol–water partition coefficient (Wildman–Crippen LogP) is 2.97. The van der Waals surface area contributed by atoms with Crippen LogP contribution in [-0.4, -0.2) is 23.1 Å². The summed E-state index contributed by atoms with van der Waals surface area (Å²) in [6.45, 7) is 9.49. The molecule has 2 N–H and O–H groups in total. The quantitative estimate of drug-likeness (QED) is 0.875. The molecule has 0 amide bonds. The summed E-state index contributed by atoms with van der Waals surface area (Å²) in [5.74, 6) is 0. The van der Waals surface area contributed by atoms with E-state index in [1.165, 1.54) is 6.07 Å². The Morgan fingerprint density at radius 1 is 1.20 bits per heavy atom. The molecule has 1 rings (SSSR count). The lowest BCUT2D eigenvalue weighted by atomic mass is 10.1. The summed E-state index contributed by atoms with van der Waals surface area (Å²) < 4.78 is 37.1. The van der Waals surface area contributed by atoms with E-state index in [1.807, 2.05) is 6.92 Å². The SMILES string of the molecule is CC(CNC(C)(C)C)NCc1ccc(C(F)(F)F)cn1. The molecule has 0 aromatic carbocycles. The highest BCUT2D eigenvalue weighted by Gasteiger charge is 2.30. The normalized spacial score (nSPS) is 14.3. The maximum atomic E-state index is 12.4. The highest BCUT2D eigenvalue weighted by atomic mass is 19.4. The monoisotopic (exact) mass is 289 g/mol. The molecule has 0 saturated heterocycles. The molecule has 1 aromatic heterocycles. The van der Waals surface area contributed by atoms with Gasteiger partial charge in [0.25, 0.3) is 0 Å². The van der Waals surface area contributed by atoms with Crippen LogP contribution in [0.3, 0.4) is 0 Å². The van der Waals surface area contributed by atoms with Crippen molar-refractivity contribution in [3.63, 3.8) is 0 Å². The highest BCUT2D eigenvalue weighted by Crippen LogP contribution is 2.28. The molecule has 0 aliphatic carbocycles. The van der Waals surface area contributed by atoms with Crippen LogP contribution >= 0.6 is 0 Å². The summed E-state index contributed by atoms with van der Waals surface area (Å²) in [5, 5.41) is 6.58. The topological polar surface area (TPSA) is 37.0 Å². The molecule has 0 fully saturated rings. The Hall–Kier alpha value is -1.14. The highest BCUT2D eigenvalue weighted by molar-refractivity contribution is 5.16. The minimum absolute atomic E-state index is 0.0442. The molecule has 0 saturated carbocycles. The van der Waals surface area contributed by atoms with Gasteiger partial charge < -0.3 is 10.6 Å². The molecule has 0 radical (unpaired) electrons. The first-order valence-electron chi connectivity index (χ1n) is 6.58. The minimum atomic E-state index is -4.33. The number of pyridine rings is 1. The molecule has 0 bridgehead atoms. The Morgan fingerprint density at radius 3 is 2.30 bits per heavy atom. The van der Waals surface area contributed by atoms with E-state index in [9.17, 15) is 13.2 Å². The van der Waals surface area contributed by atoms with E-state index in [0.717, 1.165) is 18.8 Å². The van der Waals surface area contributed by atoms with E-state index in [-0.39, 0.29) is 11.6 Å². The summed E-state index contributed by atoms with van der Waals surface area (Å²) in [6.07, 6.45) is -3.46. The van der Waals surface area contributed by atoms with Gasteiger partial charge in [0.15, 0.2) is 0 Å². The number of halogens is 3. The van der Waals surface area contributed by atoms with Gasteiger partial charge in [-0.25, -0.2) is 0 Å². The van der Waals surface area contributed by atoms with Crippen molar-refractivity contribution in [1.82, 2.24) is 15.6 Å². The van der Waals surface area contributed by atoms with Crippen molar-refractivity contribution < 1.29 is 13.2 Å². The molecule has 114 valence electrons. The van der Waals surface area contributed by atoms with Gasteiger partial charge in [-0.1, -0.05) is 0 Å². The first-order chi connectivity index (χ1) is 9.08.